The lowest BCUT2D eigenvalue weighted by Gasteiger charge is -2.27. The maximum Gasteiger partial charge on any atom is 0.162 e. The van der Waals surface area contributed by atoms with E-state index >= 15 is 0 Å². The third-order valence-electron chi connectivity index (χ3n) is 2.97. The summed E-state index contributed by atoms with van der Waals surface area (Å²) in [6.07, 6.45) is 0.854. The van der Waals surface area contributed by atoms with Crippen molar-refractivity contribution in [3.05, 3.63) is 15.1 Å². The number of halogens is 1. The van der Waals surface area contributed by atoms with Crippen LogP contribution in [0.5, 0.6) is 0 Å². The third kappa shape index (κ3) is 3.32. The first-order chi connectivity index (χ1) is 8.48. The Hall–Kier alpha value is -0.430. The van der Waals surface area contributed by atoms with Crippen molar-refractivity contribution in [1.29, 1.82) is 0 Å². The molecule has 0 aliphatic carbocycles. The number of aromatic nitrogens is 2. The van der Waals surface area contributed by atoms with E-state index in [1.54, 1.807) is 0 Å². The molecule has 0 fully saturated rings. The highest BCUT2D eigenvalue weighted by atomic mass is 127. The Morgan fingerprint density at radius 1 is 1.28 bits per heavy atom. The van der Waals surface area contributed by atoms with Crippen LogP contribution in [-0.4, -0.2) is 23.1 Å². The predicted molar refractivity (Wildman–Crippen MR) is 82.9 cm³/mol. The van der Waals surface area contributed by atoms with Crippen molar-refractivity contribution in [2.45, 2.75) is 46.6 Å². The second-order valence-corrected chi connectivity index (χ2v) is 5.42. The average Bonchev–Trinajstić information content (AvgIpc) is 2.35. The number of anilines is 1. The van der Waals surface area contributed by atoms with Crippen molar-refractivity contribution in [1.82, 2.24) is 9.97 Å². The van der Waals surface area contributed by atoms with Crippen molar-refractivity contribution in [2.75, 3.05) is 18.5 Å². The van der Waals surface area contributed by atoms with Gasteiger partial charge in [-0.05, 0) is 56.7 Å². The molecule has 0 amide bonds. The molecule has 5 heteroatoms. The Bertz CT molecular complexity index is 411. The Morgan fingerprint density at radius 3 is 2.44 bits per heavy atom. The van der Waals surface area contributed by atoms with Gasteiger partial charge in [0.15, 0.2) is 5.82 Å². The molecule has 1 atom stereocenters. The van der Waals surface area contributed by atoms with Gasteiger partial charge in [0.1, 0.15) is 11.4 Å². The third-order valence-corrected chi connectivity index (χ3v) is 4.26. The molecule has 1 unspecified atom stereocenters. The number of ether oxygens (including phenoxy) is 1. The maximum absolute atomic E-state index is 5.84. The van der Waals surface area contributed by atoms with Crippen LogP contribution in [0.15, 0.2) is 0 Å². The molecule has 1 rings (SSSR count). The normalized spacial score (nSPS) is 14.3. The summed E-state index contributed by atoms with van der Waals surface area (Å²) in [5, 5.41) is 3.28. The zero-order valence-electron chi connectivity index (χ0n) is 11.8. The van der Waals surface area contributed by atoms with E-state index in [1.165, 1.54) is 0 Å². The molecule has 1 heterocycles. The summed E-state index contributed by atoms with van der Waals surface area (Å²) < 4.78 is 6.91. The summed E-state index contributed by atoms with van der Waals surface area (Å²) in [6.45, 7) is 11.7. The van der Waals surface area contributed by atoms with Crippen molar-refractivity contribution >= 4 is 28.4 Å². The number of hydrogen-bond acceptors (Lipinski definition) is 4. The van der Waals surface area contributed by atoms with Gasteiger partial charge in [-0.15, -0.1) is 0 Å². The van der Waals surface area contributed by atoms with Crippen LogP contribution in [0.2, 0.25) is 0 Å². The number of nitrogens with one attached hydrogen (secondary N) is 1. The van der Waals surface area contributed by atoms with E-state index in [0.29, 0.717) is 6.61 Å². The highest BCUT2D eigenvalue weighted by Crippen LogP contribution is 2.29. The van der Waals surface area contributed by atoms with E-state index in [2.05, 4.69) is 51.7 Å². The standard InChI is InChI=1S/C13H22IN3O/c1-6-13(5,18-8-3)12-16-9(4)10(14)11(17-12)15-7-2/h6-8H2,1-5H3,(H,15,16,17). The fraction of sp³-hybridized carbons (Fsp3) is 0.692. The molecule has 0 aliphatic rings. The lowest BCUT2D eigenvalue weighted by Crippen LogP contribution is -2.29. The van der Waals surface area contributed by atoms with E-state index in [4.69, 9.17) is 4.74 Å². The lowest BCUT2D eigenvalue weighted by atomic mass is 10.0. The summed E-state index contributed by atoms with van der Waals surface area (Å²) >= 11 is 2.28. The number of aryl methyl sites for hydroxylation is 1. The highest BCUT2D eigenvalue weighted by molar-refractivity contribution is 14.1. The van der Waals surface area contributed by atoms with E-state index in [9.17, 15) is 0 Å². The van der Waals surface area contributed by atoms with Crippen LogP contribution in [0, 0.1) is 10.5 Å². The maximum atomic E-state index is 5.84. The first kappa shape index (κ1) is 15.6. The van der Waals surface area contributed by atoms with E-state index in [1.807, 2.05) is 20.8 Å². The van der Waals surface area contributed by atoms with Crippen LogP contribution in [0.25, 0.3) is 0 Å². The second-order valence-electron chi connectivity index (χ2n) is 4.34. The lowest BCUT2D eigenvalue weighted by molar-refractivity contribution is -0.0390. The second kappa shape index (κ2) is 6.65. The fourth-order valence-corrected chi connectivity index (χ4v) is 2.16. The summed E-state index contributed by atoms with van der Waals surface area (Å²) in [6, 6.07) is 0. The highest BCUT2D eigenvalue weighted by Gasteiger charge is 2.29. The minimum Gasteiger partial charge on any atom is -0.369 e. The molecule has 18 heavy (non-hydrogen) atoms. The Kier molecular flexibility index (Phi) is 5.78. The molecule has 0 bridgehead atoms. The van der Waals surface area contributed by atoms with Gasteiger partial charge in [0.25, 0.3) is 0 Å². The van der Waals surface area contributed by atoms with Crippen molar-refractivity contribution in [3.63, 3.8) is 0 Å². The molecule has 0 spiro atoms. The Balaban J connectivity index is 3.23. The fourth-order valence-electron chi connectivity index (χ4n) is 1.72. The van der Waals surface area contributed by atoms with Gasteiger partial charge < -0.3 is 10.1 Å². The first-order valence-electron chi connectivity index (χ1n) is 6.40. The molecule has 102 valence electrons. The van der Waals surface area contributed by atoms with Gasteiger partial charge in [0.05, 0.1) is 9.26 Å². The van der Waals surface area contributed by atoms with Gasteiger partial charge >= 0.3 is 0 Å². The van der Waals surface area contributed by atoms with Crippen molar-refractivity contribution in [3.8, 4) is 0 Å². The molecule has 4 nitrogen and oxygen atoms in total. The average molecular weight is 363 g/mol. The minimum atomic E-state index is -0.409. The molecular weight excluding hydrogens is 341 g/mol. The van der Waals surface area contributed by atoms with Gasteiger partial charge in [0.2, 0.25) is 0 Å². The molecule has 0 saturated heterocycles. The number of nitrogens with zero attached hydrogens (tertiary/aromatic N) is 2. The number of rotatable bonds is 6. The topological polar surface area (TPSA) is 47.0 Å². The van der Waals surface area contributed by atoms with E-state index in [-0.39, 0.29) is 0 Å². The molecule has 1 N–H and O–H groups in total. The molecule has 1 aromatic heterocycles. The zero-order chi connectivity index (χ0) is 13.8. The molecule has 0 saturated carbocycles. The quantitative estimate of drug-likeness (QED) is 0.787. The van der Waals surface area contributed by atoms with Gasteiger partial charge in [-0.2, -0.15) is 0 Å². The molecule has 0 aliphatic heterocycles. The first-order valence-corrected chi connectivity index (χ1v) is 7.48. The largest absolute Gasteiger partial charge is 0.369 e. The summed E-state index contributed by atoms with van der Waals surface area (Å²) in [7, 11) is 0. The molecule has 0 aromatic carbocycles. The van der Waals surface area contributed by atoms with Crippen LogP contribution in [0.3, 0.4) is 0 Å². The van der Waals surface area contributed by atoms with Crippen molar-refractivity contribution in [2.24, 2.45) is 0 Å². The summed E-state index contributed by atoms with van der Waals surface area (Å²) in [4.78, 5) is 9.22. The SMILES string of the molecule is CCNc1nc(C(C)(CC)OCC)nc(C)c1I. The zero-order valence-corrected chi connectivity index (χ0v) is 14.0. The summed E-state index contributed by atoms with van der Waals surface area (Å²) in [5.41, 5.74) is 0.588. The Morgan fingerprint density at radius 2 is 1.94 bits per heavy atom. The predicted octanol–water partition coefficient (Wildman–Crippen LogP) is 3.48. The van der Waals surface area contributed by atoms with Crippen LogP contribution < -0.4 is 5.32 Å². The molecule has 1 aromatic rings. The van der Waals surface area contributed by atoms with E-state index in [0.717, 1.165) is 33.9 Å². The van der Waals surface area contributed by atoms with Crippen LogP contribution in [-0.2, 0) is 10.3 Å². The molecule has 0 radical (unpaired) electrons. The van der Waals surface area contributed by atoms with Gasteiger partial charge in [-0.3, -0.25) is 0 Å². The minimum absolute atomic E-state index is 0.409. The monoisotopic (exact) mass is 363 g/mol. The van der Waals surface area contributed by atoms with Crippen LogP contribution >= 0.6 is 22.6 Å². The van der Waals surface area contributed by atoms with Crippen LogP contribution in [0.4, 0.5) is 5.82 Å². The number of hydrogen-bond donors (Lipinski definition) is 1. The van der Waals surface area contributed by atoms with Crippen molar-refractivity contribution < 1.29 is 4.74 Å². The van der Waals surface area contributed by atoms with Gasteiger partial charge in [-0.25, -0.2) is 9.97 Å². The summed E-state index contributed by atoms with van der Waals surface area (Å²) in [5.74, 6) is 1.67. The van der Waals surface area contributed by atoms with E-state index < -0.39 is 5.60 Å². The molecular formula is C13H22IN3O. The van der Waals surface area contributed by atoms with Crippen LogP contribution in [0.1, 0.15) is 45.6 Å². The van der Waals surface area contributed by atoms with Gasteiger partial charge in [0, 0.05) is 13.2 Å². The smallest absolute Gasteiger partial charge is 0.162 e. The Labute approximate surface area is 123 Å². The van der Waals surface area contributed by atoms with Gasteiger partial charge in [-0.1, -0.05) is 6.92 Å².